The van der Waals surface area contributed by atoms with E-state index in [1.807, 2.05) is 25.1 Å². The number of aromatic nitrogens is 2. The Labute approximate surface area is 116 Å². The van der Waals surface area contributed by atoms with E-state index in [0.29, 0.717) is 5.16 Å². The number of anilines is 1. The van der Waals surface area contributed by atoms with E-state index in [1.54, 1.807) is 6.07 Å². The lowest BCUT2D eigenvalue weighted by Crippen LogP contribution is -2.09. The molecule has 4 nitrogen and oxygen atoms in total. The average Bonchev–Trinajstić information content (AvgIpc) is 2.32. The van der Waals surface area contributed by atoms with Gasteiger partial charge in [0.1, 0.15) is 0 Å². The average molecular weight is 275 g/mol. The number of H-pyrrole nitrogens is 1. The second-order valence-electron chi connectivity index (χ2n) is 4.42. The van der Waals surface area contributed by atoms with Crippen LogP contribution in [-0.4, -0.2) is 9.97 Å². The predicted molar refractivity (Wildman–Crippen MR) is 78.6 cm³/mol. The van der Waals surface area contributed by atoms with E-state index in [1.165, 1.54) is 11.8 Å². The minimum Gasteiger partial charge on any atom is -0.399 e. The van der Waals surface area contributed by atoms with Crippen LogP contribution in [0.25, 0.3) is 0 Å². The Morgan fingerprint density at radius 1 is 1.37 bits per heavy atom. The number of nitrogen functional groups attached to an aromatic ring is 1. The molecule has 5 heteroatoms. The number of nitrogens with two attached hydrogens (primary N) is 1. The van der Waals surface area contributed by atoms with Crippen molar-refractivity contribution in [2.24, 2.45) is 0 Å². The molecule has 2 rings (SSSR count). The Morgan fingerprint density at radius 2 is 2.16 bits per heavy atom. The molecule has 0 radical (unpaired) electrons. The lowest BCUT2D eigenvalue weighted by atomic mass is 10.2. The molecule has 100 valence electrons. The molecular weight excluding hydrogens is 258 g/mol. The van der Waals surface area contributed by atoms with E-state index in [-0.39, 0.29) is 5.56 Å². The monoisotopic (exact) mass is 275 g/mol. The summed E-state index contributed by atoms with van der Waals surface area (Å²) in [7, 11) is 0. The molecule has 0 saturated heterocycles. The van der Waals surface area contributed by atoms with Crippen LogP contribution in [0.3, 0.4) is 0 Å². The van der Waals surface area contributed by atoms with Gasteiger partial charge in [0.05, 0.1) is 0 Å². The van der Waals surface area contributed by atoms with Crippen LogP contribution in [0.2, 0.25) is 0 Å². The molecule has 1 aromatic carbocycles. The van der Waals surface area contributed by atoms with E-state index >= 15 is 0 Å². The Bertz CT molecular complexity index is 637. The van der Waals surface area contributed by atoms with Crippen molar-refractivity contribution in [2.45, 2.75) is 36.7 Å². The zero-order chi connectivity index (χ0) is 13.8. The number of aryl methyl sites for hydroxylation is 2. The number of aromatic amines is 1. The normalized spacial score (nSPS) is 10.6. The van der Waals surface area contributed by atoms with Crippen molar-refractivity contribution >= 4 is 17.4 Å². The zero-order valence-corrected chi connectivity index (χ0v) is 11.9. The molecule has 0 aliphatic heterocycles. The van der Waals surface area contributed by atoms with Gasteiger partial charge in [0, 0.05) is 22.3 Å². The molecule has 1 aromatic heterocycles. The Kier molecular flexibility index (Phi) is 4.27. The van der Waals surface area contributed by atoms with Crippen molar-refractivity contribution in [1.29, 1.82) is 0 Å². The summed E-state index contributed by atoms with van der Waals surface area (Å²) < 4.78 is 0. The van der Waals surface area contributed by atoms with Gasteiger partial charge in [0.2, 0.25) is 0 Å². The summed E-state index contributed by atoms with van der Waals surface area (Å²) in [5.74, 6) is 0. The molecule has 0 amide bonds. The second kappa shape index (κ2) is 5.93. The van der Waals surface area contributed by atoms with Gasteiger partial charge in [0.15, 0.2) is 5.16 Å². The smallest absolute Gasteiger partial charge is 0.251 e. The fourth-order valence-electron chi connectivity index (χ4n) is 1.81. The molecule has 0 aliphatic rings. The fourth-order valence-corrected chi connectivity index (χ4v) is 2.69. The van der Waals surface area contributed by atoms with Crippen LogP contribution in [0.15, 0.2) is 39.1 Å². The van der Waals surface area contributed by atoms with Crippen LogP contribution in [0, 0.1) is 6.92 Å². The summed E-state index contributed by atoms with van der Waals surface area (Å²) in [6.07, 6.45) is 1.79. The topological polar surface area (TPSA) is 71.8 Å². The first-order valence-corrected chi connectivity index (χ1v) is 7.04. The van der Waals surface area contributed by atoms with Crippen molar-refractivity contribution in [3.05, 3.63) is 45.9 Å². The van der Waals surface area contributed by atoms with Crippen LogP contribution in [0.4, 0.5) is 5.69 Å². The Hall–Kier alpha value is -1.75. The molecule has 0 saturated carbocycles. The van der Waals surface area contributed by atoms with Gasteiger partial charge in [-0.1, -0.05) is 25.1 Å². The fraction of sp³-hybridized carbons (Fsp3) is 0.286. The summed E-state index contributed by atoms with van der Waals surface area (Å²) in [6.45, 7) is 4.06. The van der Waals surface area contributed by atoms with Gasteiger partial charge in [-0.15, -0.1) is 0 Å². The van der Waals surface area contributed by atoms with E-state index < -0.39 is 0 Å². The number of rotatable bonds is 4. The van der Waals surface area contributed by atoms with E-state index in [9.17, 15) is 4.79 Å². The second-order valence-corrected chi connectivity index (χ2v) is 5.45. The van der Waals surface area contributed by atoms with E-state index in [2.05, 4.69) is 16.9 Å². The van der Waals surface area contributed by atoms with Crippen molar-refractivity contribution in [2.75, 3.05) is 5.73 Å². The maximum atomic E-state index is 11.6. The minimum absolute atomic E-state index is 0.103. The van der Waals surface area contributed by atoms with Crippen LogP contribution >= 0.6 is 11.8 Å². The third-order valence-corrected chi connectivity index (χ3v) is 3.75. The molecule has 0 bridgehead atoms. The Balaban J connectivity index is 2.30. The van der Waals surface area contributed by atoms with Gasteiger partial charge >= 0.3 is 0 Å². The zero-order valence-electron chi connectivity index (χ0n) is 11.1. The molecule has 0 spiro atoms. The molecule has 0 fully saturated rings. The maximum Gasteiger partial charge on any atom is 0.251 e. The van der Waals surface area contributed by atoms with Crippen molar-refractivity contribution < 1.29 is 0 Å². The van der Waals surface area contributed by atoms with Crippen molar-refractivity contribution in [3.8, 4) is 0 Å². The van der Waals surface area contributed by atoms with Crippen LogP contribution in [-0.2, 0) is 6.42 Å². The molecule has 3 N–H and O–H groups in total. The van der Waals surface area contributed by atoms with Crippen molar-refractivity contribution in [3.63, 3.8) is 0 Å². The summed E-state index contributed by atoms with van der Waals surface area (Å²) in [5.41, 5.74) is 8.27. The molecule has 0 aliphatic carbocycles. The maximum absolute atomic E-state index is 11.6. The van der Waals surface area contributed by atoms with Crippen LogP contribution < -0.4 is 11.3 Å². The standard InChI is InChI=1S/C14H17N3OS/c1-3-4-11-8-13(18)17-14(16-11)19-12-6-5-10(15)7-9(12)2/h5-8H,3-4,15H2,1-2H3,(H,16,17,18). The minimum atomic E-state index is -0.103. The van der Waals surface area contributed by atoms with Crippen LogP contribution in [0.5, 0.6) is 0 Å². The largest absolute Gasteiger partial charge is 0.399 e. The Morgan fingerprint density at radius 3 is 2.84 bits per heavy atom. The SMILES string of the molecule is CCCc1cc(=O)[nH]c(Sc2ccc(N)cc2C)n1. The summed E-state index contributed by atoms with van der Waals surface area (Å²) in [4.78, 5) is 19.9. The van der Waals surface area contributed by atoms with Crippen LogP contribution in [0.1, 0.15) is 24.6 Å². The predicted octanol–water partition coefficient (Wildman–Crippen LogP) is 2.76. The van der Waals surface area contributed by atoms with Crippen molar-refractivity contribution in [1.82, 2.24) is 9.97 Å². The molecular formula is C14H17N3OS. The number of hydrogen-bond donors (Lipinski definition) is 2. The van der Waals surface area contributed by atoms with E-state index in [4.69, 9.17) is 5.73 Å². The lowest BCUT2D eigenvalue weighted by Gasteiger charge is -2.06. The molecule has 2 aromatic rings. The molecule has 0 unspecified atom stereocenters. The summed E-state index contributed by atoms with van der Waals surface area (Å²) in [6, 6.07) is 7.27. The van der Waals surface area contributed by atoms with E-state index in [0.717, 1.165) is 34.7 Å². The quantitative estimate of drug-likeness (QED) is 0.665. The van der Waals surface area contributed by atoms with Gasteiger partial charge in [-0.3, -0.25) is 4.79 Å². The summed E-state index contributed by atoms with van der Waals surface area (Å²) >= 11 is 1.45. The first kappa shape index (κ1) is 13.7. The van der Waals surface area contributed by atoms with Gasteiger partial charge in [-0.2, -0.15) is 0 Å². The third kappa shape index (κ3) is 3.61. The number of nitrogens with zero attached hydrogens (tertiary/aromatic N) is 1. The number of benzene rings is 1. The molecule has 1 heterocycles. The first-order valence-electron chi connectivity index (χ1n) is 6.22. The first-order chi connectivity index (χ1) is 9.08. The highest BCUT2D eigenvalue weighted by atomic mass is 32.2. The van der Waals surface area contributed by atoms with Gasteiger partial charge < -0.3 is 10.7 Å². The number of hydrogen-bond acceptors (Lipinski definition) is 4. The highest BCUT2D eigenvalue weighted by Crippen LogP contribution is 2.28. The number of nitrogens with one attached hydrogen (secondary N) is 1. The highest BCUT2D eigenvalue weighted by molar-refractivity contribution is 7.99. The molecule has 0 atom stereocenters. The van der Waals surface area contributed by atoms with Gasteiger partial charge in [0.25, 0.3) is 5.56 Å². The molecule has 19 heavy (non-hydrogen) atoms. The van der Waals surface area contributed by atoms with Gasteiger partial charge in [-0.25, -0.2) is 4.98 Å². The highest BCUT2D eigenvalue weighted by Gasteiger charge is 2.06. The third-order valence-electron chi connectivity index (χ3n) is 2.68. The summed E-state index contributed by atoms with van der Waals surface area (Å²) in [5, 5.41) is 0.629. The van der Waals surface area contributed by atoms with Gasteiger partial charge in [-0.05, 0) is 37.1 Å². The lowest BCUT2D eigenvalue weighted by molar-refractivity contribution is 0.816.